The van der Waals surface area contributed by atoms with Crippen molar-refractivity contribution in [2.45, 2.75) is 77.8 Å². The van der Waals surface area contributed by atoms with Crippen LogP contribution in [0.3, 0.4) is 0 Å². The van der Waals surface area contributed by atoms with Gasteiger partial charge in [0.1, 0.15) is 0 Å². The molecule has 0 unspecified atom stereocenters. The monoisotopic (exact) mass is 285 g/mol. The fourth-order valence-corrected chi connectivity index (χ4v) is 4.92. The van der Waals surface area contributed by atoms with Crippen LogP contribution in [0.5, 0.6) is 0 Å². The lowest BCUT2D eigenvalue weighted by Gasteiger charge is -2.40. The molecule has 2 rings (SSSR count). The van der Waals surface area contributed by atoms with E-state index in [-0.39, 0.29) is 0 Å². The Labute approximate surface area is 121 Å². The van der Waals surface area contributed by atoms with Crippen LogP contribution in [-0.4, -0.2) is 27.8 Å². The van der Waals surface area contributed by atoms with E-state index in [0.29, 0.717) is 11.5 Å². The molecule has 112 valence electrons. The Hall–Kier alpha value is 0.110. The van der Waals surface area contributed by atoms with E-state index in [1.165, 1.54) is 32.1 Å². The maximum absolute atomic E-state index is 11.4. The highest BCUT2D eigenvalue weighted by molar-refractivity contribution is 7.85. The molecule has 2 fully saturated rings. The molecular formula is C16H31NOS. The van der Waals surface area contributed by atoms with Crippen LogP contribution in [-0.2, 0) is 10.8 Å². The Morgan fingerprint density at radius 1 is 1.00 bits per heavy atom. The van der Waals surface area contributed by atoms with Crippen LogP contribution in [0.1, 0.15) is 65.7 Å². The average Bonchev–Trinajstić information content (AvgIpc) is 2.42. The first-order valence-electron chi connectivity index (χ1n) is 8.12. The Balaban J connectivity index is 1.73. The molecule has 0 spiro atoms. The minimum Gasteiger partial charge on any atom is -0.311 e. The molecule has 0 amide bonds. The zero-order chi connectivity index (χ0) is 13.9. The second-order valence-electron chi connectivity index (χ2n) is 7.18. The number of hydrogen-bond acceptors (Lipinski definition) is 2. The minimum atomic E-state index is -0.526. The lowest BCUT2D eigenvalue weighted by Crippen LogP contribution is -2.44. The van der Waals surface area contributed by atoms with Crippen LogP contribution in [0.15, 0.2) is 0 Å². The molecule has 0 radical (unpaired) electrons. The van der Waals surface area contributed by atoms with Crippen LogP contribution in [0.25, 0.3) is 0 Å². The average molecular weight is 285 g/mol. The van der Waals surface area contributed by atoms with Gasteiger partial charge in [0.05, 0.1) is 0 Å². The largest absolute Gasteiger partial charge is 0.311 e. The Morgan fingerprint density at radius 2 is 1.53 bits per heavy atom. The molecule has 1 aliphatic heterocycles. The lowest BCUT2D eigenvalue weighted by atomic mass is 9.69. The molecular weight excluding hydrogens is 254 g/mol. The van der Waals surface area contributed by atoms with E-state index in [1.807, 2.05) is 0 Å². The molecule has 2 nitrogen and oxygen atoms in total. The van der Waals surface area contributed by atoms with Crippen molar-refractivity contribution in [1.29, 1.82) is 0 Å². The van der Waals surface area contributed by atoms with E-state index in [4.69, 9.17) is 0 Å². The molecule has 1 heterocycles. The third kappa shape index (κ3) is 4.29. The Morgan fingerprint density at radius 3 is 2.05 bits per heavy atom. The fourth-order valence-electron chi connectivity index (χ4n) is 3.62. The van der Waals surface area contributed by atoms with Gasteiger partial charge in [-0.25, -0.2) is 0 Å². The quantitative estimate of drug-likeness (QED) is 0.857. The van der Waals surface area contributed by atoms with Crippen molar-refractivity contribution in [2.75, 3.05) is 11.5 Å². The smallest absolute Gasteiger partial charge is 0.0249 e. The highest BCUT2D eigenvalue weighted by Gasteiger charge is 2.32. The van der Waals surface area contributed by atoms with E-state index in [2.05, 4.69) is 26.1 Å². The second-order valence-corrected chi connectivity index (χ2v) is 8.88. The van der Waals surface area contributed by atoms with Crippen molar-refractivity contribution in [2.24, 2.45) is 11.3 Å². The van der Waals surface area contributed by atoms with Crippen LogP contribution in [0.2, 0.25) is 0 Å². The summed E-state index contributed by atoms with van der Waals surface area (Å²) in [5.41, 5.74) is 0.521. The maximum Gasteiger partial charge on any atom is 0.0249 e. The molecule has 2 aliphatic rings. The number of hydrogen-bond donors (Lipinski definition) is 1. The van der Waals surface area contributed by atoms with E-state index in [9.17, 15) is 4.21 Å². The third-order valence-electron chi connectivity index (χ3n) is 5.60. The van der Waals surface area contributed by atoms with Gasteiger partial charge in [-0.3, -0.25) is 4.21 Å². The van der Waals surface area contributed by atoms with Crippen LogP contribution in [0, 0.1) is 11.3 Å². The van der Waals surface area contributed by atoms with Crippen molar-refractivity contribution in [3.8, 4) is 0 Å². The van der Waals surface area contributed by atoms with Gasteiger partial charge in [-0.1, -0.05) is 27.2 Å². The predicted octanol–water partition coefficient (Wildman–Crippen LogP) is 3.48. The van der Waals surface area contributed by atoms with Gasteiger partial charge in [0.25, 0.3) is 0 Å². The van der Waals surface area contributed by atoms with Crippen molar-refractivity contribution < 1.29 is 4.21 Å². The summed E-state index contributed by atoms with van der Waals surface area (Å²) in [7, 11) is -0.526. The highest BCUT2D eigenvalue weighted by atomic mass is 32.2. The Kier molecular flexibility index (Phi) is 5.47. The standard InChI is InChI=1S/C16H31NOS/c1-4-16(2,3)13-5-7-14(8-6-13)17-15-9-11-19(18)12-10-15/h13-15,17H,4-12H2,1-3H3. The number of rotatable bonds is 4. The molecule has 0 bridgehead atoms. The predicted molar refractivity (Wildman–Crippen MR) is 83.9 cm³/mol. The molecule has 19 heavy (non-hydrogen) atoms. The van der Waals surface area contributed by atoms with Gasteiger partial charge in [0, 0.05) is 34.4 Å². The highest BCUT2D eigenvalue weighted by Crippen LogP contribution is 2.40. The first-order valence-corrected chi connectivity index (χ1v) is 9.61. The summed E-state index contributed by atoms with van der Waals surface area (Å²) in [6, 6.07) is 1.36. The normalized spacial score (nSPS) is 37.2. The van der Waals surface area contributed by atoms with E-state index >= 15 is 0 Å². The summed E-state index contributed by atoms with van der Waals surface area (Å²) in [5.74, 6) is 2.74. The SMILES string of the molecule is CCC(C)(C)C1CCC(NC2CCS(=O)CC2)CC1. The minimum absolute atomic E-state index is 0.521. The van der Waals surface area contributed by atoms with Gasteiger partial charge in [0.15, 0.2) is 0 Å². The molecule has 1 saturated carbocycles. The molecule has 0 aromatic rings. The van der Waals surface area contributed by atoms with E-state index in [1.54, 1.807) is 0 Å². The molecule has 1 saturated heterocycles. The Bertz CT molecular complexity index is 298. The summed E-state index contributed by atoms with van der Waals surface area (Å²) >= 11 is 0. The summed E-state index contributed by atoms with van der Waals surface area (Å²) in [6.45, 7) is 7.19. The van der Waals surface area contributed by atoms with Crippen molar-refractivity contribution in [3.63, 3.8) is 0 Å². The lowest BCUT2D eigenvalue weighted by molar-refractivity contribution is 0.133. The molecule has 1 N–H and O–H groups in total. The topological polar surface area (TPSA) is 29.1 Å². The van der Waals surface area contributed by atoms with Gasteiger partial charge >= 0.3 is 0 Å². The van der Waals surface area contributed by atoms with Gasteiger partial charge in [-0.05, 0) is 49.9 Å². The first kappa shape index (κ1) is 15.5. The van der Waals surface area contributed by atoms with Gasteiger partial charge in [0.2, 0.25) is 0 Å². The molecule has 1 aliphatic carbocycles. The van der Waals surface area contributed by atoms with Gasteiger partial charge in [-0.2, -0.15) is 0 Å². The van der Waals surface area contributed by atoms with E-state index < -0.39 is 10.8 Å². The van der Waals surface area contributed by atoms with Gasteiger partial charge < -0.3 is 5.32 Å². The van der Waals surface area contributed by atoms with Crippen molar-refractivity contribution in [3.05, 3.63) is 0 Å². The first-order chi connectivity index (χ1) is 9.01. The third-order valence-corrected chi connectivity index (χ3v) is 6.99. The summed E-state index contributed by atoms with van der Waals surface area (Å²) in [6.07, 6.45) is 8.99. The molecule has 3 heteroatoms. The second kappa shape index (κ2) is 6.71. The summed E-state index contributed by atoms with van der Waals surface area (Å²) < 4.78 is 11.4. The van der Waals surface area contributed by atoms with E-state index in [0.717, 1.165) is 36.3 Å². The van der Waals surface area contributed by atoms with Gasteiger partial charge in [-0.15, -0.1) is 0 Å². The molecule has 0 aromatic heterocycles. The van der Waals surface area contributed by atoms with Crippen molar-refractivity contribution >= 4 is 10.8 Å². The zero-order valence-electron chi connectivity index (χ0n) is 12.9. The molecule has 0 aromatic carbocycles. The fraction of sp³-hybridized carbons (Fsp3) is 1.00. The summed E-state index contributed by atoms with van der Waals surface area (Å²) in [5, 5.41) is 3.83. The summed E-state index contributed by atoms with van der Waals surface area (Å²) in [4.78, 5) is 0. The number of nitrogens with one attached hydrogen (secondary N) is 1. The van der Waals surface area contributed by atoms with Crippen LogP contribution in [0.4, 0.5) is 0 Å². The zero-order valence-corrected chi connectivity index (χ0v) is 13.7. The molecule has 0 atom stereocenters. The maximum atomic E-state index is 11.4. The van der Waals surface area contributed by atoms with Crippen LogP contribution >= 0.6 is 0 Å². The van der Waals surface area contributed by atoms with Crippen molar-refractivity contribution in [1.82, 2.24) is 5.32 Å². The van der Waals surface area contributed by atoms with Crippen LogP contribution < -0.4 is 5.32 Å².